The third kappa shape index (κ3) is 5.12. The second-order valence-corrected chi connectivity index (χ2v) is 7.05. The fourth-order valence-corrected chi connectivity index (χ4v) is 3.52. The van der Waals surface area contributed by atoms with Gasteiger partial charge in [-0.2, -0.15) is 0 Å². The van der Waals surface area contributed by atoms with Crippen molar-refractivity contribution >= 4 is 22.8 Å². The van der Waals surface area contributed by atoms with Crippen molar-refractivity contribution in [3.63, 3.8) is 0 Å². The average molecular weight is 387 g/mol. The van der Waals surface area contributed by atoms with E-state index in [4.69, 9.17) is 14.3 Å². The highest BCUT2D eigenvalue weighted by Crippen LogP contribution is 2.29. The van der Waals surface area contributed by atoms with Crippen LogP contribution in [0.15, 0.2) is 27.4 Å². The van der Waals surface area contributed by atoms with E-state index >= 15 is 0 Å². The fourth-order valence-electron chi connectivity index (χ4n) is 3.52. The van der Waals surface area contributed by atoms with Crippen LogP contribution in [0, 0.1) is 0 Å². The van der Waals surface area contributed by atoms with Crippen LogP contribution in [0.1, 0.15) is 49.7 Å². The van der Waals surface area contributed by atoms with Crippen molar-refractivity contribution in [3.8, 4) is 5.75 Å². The third-order valence-electron chi connectivity index (χ3n) is 4.95. The summed E-state index contributed by atoms with van der Waals surface area (Å²) < 4.78 is 11.0. The first-order chi connectivity index (χ1) is 13.5. The Morgan fingerprint density at radius 2 is 1.89 bits per heavy atom. The van der Waals surface area contributed by atoms with Gasteiger partial charge in [0.1, 0.15) is 11.3 Å². The van der Waals surface area contributed by atoms with Gasteiger partial charge < -0.3 is 19.6 Å². The zero-order valence-corrected chi connectivity index (χ0v) is 15.8. The number of carbonyl (C=O) groups is 2. The van der Waals surface area contributed by atoms with Crippen molar-refractivity contribution in [2.24, 2.45) is 0 Å². The Balaban J connectivity index is 1.51. The van der Waals surface area contributed by atoms with E-state index in [1.54, 1.807) is 12.1 Å². The minimum absolute atomic E-state index is 0.129. The molecule has 0 fully saturated rings. The molecule has 1 aromatic heterocycles. The minimum atomic E-state index is -0.802. The van der Waals surface area contributed by atoms with Crippen LogP contribution in [0.5, 0.6) is 5.75 Å². The Morgan fingerprint density at radius 1 is 1.11 bits per heavy atom. The molecule has 1 aliphatic carbocycles. The highest BCUT2D eigenvalue weighted by molar-refractivity contribution is 5.83. The van der Waals surface area contributed by atoms with Gasteiger partial charge in [0.15, 0.2) is 6.61 Å². The van der Waals surface area contributed by atoms with Crippen LogP contribution in [0.2, 0.25) is 0 Å². The molecule has 7 nitrogen and oxygen atoms in total. The van der Waals surface area contributed by atoms with Crippen molar-refractivity contribution < 1.29 is 23.8 Å². The fraction of sp³-hybridized carbons (Fsp3) is 0.476. The van der Waals surface area contributed by atoms with Crippen LogP contribution in [-0.2, 0) is 22.4 Å². The SMILES string of the molecule is O=C(O)CCCCCNC(=O)COc1ccc2c3c(c(=O)oc2c1)CCCC3. The summed E-state index contributed by atoms with van der Waals surface area (Å²) in [5, 5.41) is 12.2. The summed E-state index contributed by atoms with van der Waals surface area (Å²) in [5.41, 5.74) is 2.07. The number of nitrogens with one attached hydrogen (secondary N) is 1. The largest absolute Gasteiger partial charge is 0.484 e. The number of hydrogen-bond acceptors (Lipinski definition) is 5. The molecule has 1 aromatic carbocycles. The molecule has 2 N–H and O–H groups in total. The molecule has 28 heavy (non-hydrogen) atoms. The molecule has 0 aliphatic heterocycles. The van der Waals surface area contributed by atoms with Gasteiger partial charge in [-0.15, -0.1) is 0 Å². The quantitative estimate of drug-likeness (QED) is 0.506. The second-order valence-electron chi connectivity index (χ2n) is 7.05. The lowest BCUT2D eigenvalue weighted by molar-refractivity contribution is -0.137. The van der Waals surface area contributed by atoms with Crippen molar-refractivity contribution in [3.05, 3.63) is 39.7 Å². The van der Waals surface area contributed by atoms with Crippen LogP contribution in [0.25, 0.3) is 11.0 Å². The lowest BCUT2D eigenvalue weighted by Crippen LogP contribution is -2.29. The average Bonchev–Trinajstić information content (AvgIpc) is 2.69. The number of aliphatic carboxylic acids is 1. The van der Waals surface area contributed by atoms with E-state index in [1.165, 1.54) is 0 Å². The number of amides is 1. The normalized spacial score (nSPS) is 13.1. The number of aryl methyl sites for hydroxylation is 1. The Kier molecular flexibility index (Phi) is 6.68. The number of carboxylic acids is 1. The Hall–Kier alpha value is -2.83. The number of benzene rings is 1. The van der Waals surface area contributed by atoms with E-state index in [0.717, 1.165) is 55.0 Å². The predicted octanol–water partition coefficient (Wildman–Crippen LogP) is 2.81. The van der Waals surface area contributed by atoms with E-state index in [1.807, 2.05) is 6.07 Å². The van der Waals surface area contributed by atoms with Crippen LogP contribution >= 0.6 is 0 Å². The van der Waals surface area contributed by atoms with Gasteiger partial charge in [0.2, 0.25) is 0 Å². The van der Waals surface area contributed by atoms with Crippen LogP contribution < -0.4 is 15.7 Å². The van der Waals surface area contributed by atoms with Gasteiger partial charge in [-0.3, -0.25) is 9.59 Å². The number of carbonyl (C=O) groups excluding carboxylic acids is 1. The molecule has 0 saturated carbocycles. The maximum atomic E-state index is 12.2. The summed E-state index contributed by atoms with van der Waals surface area (Å²) >= 11 is 0. The van der Waals surface area contributed by atoms with Gasteiger partial charge in [-0.1, -0.05) is 6.42 Å². The van der Waals surface area contributed by atoms with Gasteiger partial charge in [-0.25, -0.2) is 4.79 Å². The molecular weight excluding hydrogens is 362 g/mol. The molecular formula is C21H25NO6. The van der Waals surface area contributed by atoms with E-state index < -0.39 is 5.97 Å². The number of fused-ring (bicyclic) bond motifs is 3. The van der Waals surface area contributed by atoms with Crippen LogP contribution in [-0.4, -0.2) is 30.1 Å². The lowest BCUT2D eigenvalue weighted by atomic mass is 9.91. The van der Waals surface area contributed by atoms with Gasteiger partial charge in [-0.05, 0) is 56.2 Å². The first-order valence-corrected chi connectivity index (χ1v) is 9.74. The van der Waals surface area contributed by atoms with Crippen molar-refractivity contribution in [1.29, 1.82) is 0 Å². The smallest absolute Gasteiger partial charge is 0.339 e. The number of ether oxygens (including phenoxy) is 1. The van der Waals surface area contributed by atoms with Gasteiger partial charge >= 0.3 is 11.6 Å². The second kappa shape index (κ2) is 9.39. The zero-order valence-electron chi connectivity index (χ0n) is 15.8. The number of carboxylic acid groups (broad SMARTS) is 1. The molecule has 0 atom stereocenters. The Bertz CT molecular complexity index is 917. The first kappa shape index (κ1) is 19.9. The molecule has 1 amide bonds. The van der Waals surface area contributed by atoms with E-state index in [9.17, 15) is 14.4 Å². The number of hydrogen-bond donors (Lipinski definition) is 2. The number of unbranched alkanes of at least 4 members (excludes halogenated alkanes) is 2. The third-order valence-corrected chi connectivity index (χ3v) is 4.95. The summed E-state index contributed by atoms with van der Waals surface area (Å²) in [6, 6.07) is 5.33. The summed E-state index contributed by atoms with van der Waals surface area (Å²) in [7, 11) is 0. The van der Waals surface area contributed by atoms with Gasteiger partial charge in [0.05, 0.1) is 0 Å². The molecule has 150 valence electrons. The first-order valence-electron chi connectivity index (χ1n) is 9.74. The predicted molar refractivity (Wildman–Crippen MR) is 104 cm³/mol. The van der Waals surface area contributed by atoms with E-state index in [0.29, 0.717) is 24.3 Å². The zero-order chi connectivity index (χ0) is 19.9. The van der Waals surface area contributed by atoms with Crippen LogP contribution in [0.3, 0.4) is 0 Å². The summed E-state index contributed by atoms with van der Waals surface area (Å²) in [4.78, 5) is 34.5. The Morgan fingerprint density at radius 3 is 2.68 bits per heavy atom. The minimum Gasteiger partial charge on any atom is -0.484 e. The van der Waals surface area contributed by atoms with Crippen LogP contribution in [0.4, 0.5) is 0 Å². The Labute approximate surface area is 162 Å². The highest BCUT2D eigenvalue weighted by Gasteiger charge is 2.18. The topological polar surface area (TPSA) is 106 Å². The lowest BCUT2D eigenvalue weighted by Gasteiger charge is -2.16. The molecule has 7 heteroatoms. The molecule has 1 heterocycles. The van der Waals surface area contributed by atoms with Crippen molar-refractivity contribution in [2.75, 3.05) is 13.2 Å². The molecule has 0 spiro atoms. The molecule has 0 saturated heterocycles. The van der Waals surface area contributed by atoms with E-state index in [2.05, 4.69) is 5.32 Å². The maximum absolute atomic E-state index is 12.2. The number of rotatable bonds is 9. The van der Waals surface area contributed by atoms with Crippen molar-refractivity contribution in [1.82, 2.24) is 5.32 Å². The molecule has 1 aliphatic rings. The maximum Gasteiger partial charge on any atom is 0.339 e. The standard InChI is InChI=1S/C21H25NO6/c23-19(22-11-5-1-2-8-20(24)25)13-27-14-9-10-16-15-6-3-4-7-17(15)21(26)28-18(16)12-14/h9-10,12H,1-8,11,13H2,(H,22,23)(H,24,25). The molecule has 0 radical (unpaired) electrons. The molecule has 3 rings (SSSR count). The van der Waals surface area contributed by atoms with E-state index in [-0.39, 0.29) is 24.6 Å². The molecule has 0 bridgehead atoms. The molecule has 0 unspecified atom stereocenters. The molecule has 2 aromatic rings. The van der Waals surface area contributed by atoms with Gasteiger partial charge in [0, 0.05) is 30.0 Å². The summed E-state index contributed by atoms with van der Waals surface area (Å²) in [5.74, 6) is -0.572. The highest BCUT2D eigenvalue weighted by atomic mass is 16.5. The summed E-state index contributed by atoms with van der Waals surface area (Å²) in [6.07, 6.45) is 5.97. The monoisotopic (exact) mass is 387 g/mol. The summed E-state index contributed by atoms with van der Waals surface area (Å²) in [6.45, 7) is 0.357. The van der Waals surface area contributed by atoms with Gasteiger partial charge in [0.25, 0.3) is 5.91 Å². The van der Waals surface area contributed by atoms with Crippen molar-refractivity contribution in [2.45, 2.75) is 51.4 Å².